The number of thiazole rings is 1. The van der Waals surface area contributed by atoms with Gasteiger partial charge in [0.1, 0.15) is 5.82 Å². The molecule has 0 aliphatic rings. The van der Waals surface area contributed by atoms with Gasteiger partial charge in [-0.05, 0) is 27.5 Å². The molecule has 0 unspecified atom stereocenters. The maximum atomic E-state index is 5.76. The molecule has 2 aromatic rings. The molecule has 4 nitrogen and oxygen atoms in total. The monoisotopic (exact) mass is 318 g/mol. The fourth-order valence-electron chi connectivity index (χ4n) is 1.24. The Labute approximate surface area is 110 Å². The first-order chi connectivity index (χ1) is 7.66. The van der Waals surface area contributed by atoms with Gasteiger partial charge < -0.3 is 4.90 Å². The number of hydrogen-bond donors (Lipinski definition) is 0. The maximum Gasteiger partial charge on any atom is 0.224 e. The molecule has 0 fully saturated rings. The van der Waals surface area contributed by atoms with Gasteiger partial charge >= 0.3 is 0 Å². The Morgan fingerprint density at radius 1 is 1.50 bits per heavy atom. The molecule has 84 valence electrons. The number of rotatable bonds is 3. The van der Waals surface area contributed by atoms with Crippen molar-refractivity contribution in [1.29, 1.82) is 0 Å². The van der Waals surface area contributed by atoms with Crippen LogP contribution in [0.5, 0.6) is 0 Å². The predicted octanol–water partition coefficient (Wildman–Crippen LogP) is 2.99. The lowest BCUT2D eigenvalue weighted by atomic mass is 10.4. The minimum atomic E-state index is 0.239. The van der Waals surface area contributed by atoms with Crippen molar-refractivity contribution < 1.29 is 0 Å². The molecule has 0 aliphatic heterocycles. The van der Waals surface area contributed by atoms with Crippen LogP contribution in [-0.4, -0.2) is 22.0 Å². The Balaban J connectivity index is 2.20. The zero-order chi connectivity index (χ0) is 11.5. The molecule has 0 amide bonds. The van der Waals surface area contributed by atoms with Gasteiger partial charge in [0.25, 0.3) is 0 Å². The van der Waals surface area contributed by atoms with Gasteiger partial charge in [0.15, 0.2) is 0 Å². The number of nitrogens with zero attached hydrogens (tertiary/aromatic N) is 4. The van der Waals surface area contributed by atoms with Crippen molar-refractivity contribution in [3.05, 3.63) is 32.5 Å². The molecule has 0 radical (unpaired) electrons. The van der Waals surface area contributed by atoms with Crippen LogP contribution in [0, 0.1) is 0 Å². The minimum Gasteiger partial charge on any atom is -0.353 e. The quantitative estimate of drug-likeness (QED) is 0.816. The number of halogens is 2. The van der Waals surface area contributed by atoms with Crippen LogP contribution >= 0.6 is 38.9 Å². The van der Waals surface area contributed by atoms with E-state index in [0.29, 0.717) is 6.54 Å². The average molecular weight is 320 g/mol. The Morgan fingerprint density at radius 2 is 2.31 bits per heavy atom. The zero-order valence-corrected chi connectivity index (χ0v) is 11.6. The van der Waals surface area contributed by atoms with Crippen LogP contribution < -0.4 is 4.90 Å². The standard InChI is InChI=1S/C9H8BrClN4S/c1-15(3-6-4-16-5-13-6)8-7(10)2-12-9(11)14-8/h2,4-5H,3H2,1H3. The van der Waals surface area contributed by atoms with Crippen molar-refractivity contribution >= 4 is 44.7 Å². The van der Waals surface area contributed by atoms with Gasteiger partial charge in [0, 0.05) is 18.6 Å². The van der Waals surface area contributed by atoms with E-state index >= 15 is 0 Å². The van der Waals surface area contributed by atoms with Crippen molar-refractivity contribution in [3.63, 3.8) is 0 Å². The van der Waals surface area contributed by atoms with Crippen molar-refractivity contribution in [2.75, 3.05) is 11.9 Å². The first-order valence-corrected chi connectivity index (χ1v) is 6.54. The highest BCUT2D eigenvalue weighted by molar-refractivity contribution is 9.10. The summed E-state index contributed by atoms with van der Waals surface area (Å²) in [5, 5.41) is 2.25. The molecule has 7 heteroatoms. The molecule has 0 saturated heterocycles. The van der Waals surface area contributed by atoms with Gasteiger partial charge in [-0.25, -0.2) is 9.97 Å². The van der Waals surface area contributed by atoms with Crippen molar-refractivity contribution in [3.8, 4) is 0 Å². The molecule has 0 bridgehead atoms. The van der Waals surface area contributed by atoms with Gasteiger partial charge in [-0.2, -0.15) is 4.98 Å². The number of anilines is 1. The molecule has 2 aromatic heterocycles. The van der Waals surface area contributed by atoms with E-state index in [0.717, 1.165) is 16.0 Å². The first-order valence-electron chi connectivity index (χ1n) is 4.43. The third kappa shape index (κ3) is 2.69. The smallest absolute Gasteiger partial charge is 0.224 e. The molecule has 0 saturated carbocycles. The molecule has 0 atom stereocenters. The van der Waals surface area contributed by atoms with E-state index in [4.69, 9.17) is 11.6 Å². The lowest BCUT2D eigenvalue weighted by molar-refractivity contribution is 0.864. The summed E-state index contributed by atoms with van der Waals surface area (Å²) in [6.45, 7) is 0.690. The fraction of sp³-hybridized carbons (Fsp3) is 0.222. The van der Waals surface area contributed by atoms with Gasteiger partial charge in [-0.3, -0.25) is 0 Å². The summed E-state index contributed by atoms with van der Waals surface area (Å²) in [5.41, 5.74) is 2.82. The summed E-state index contributed by atoms with van der Waals surface area (Å²) in [6.07, 6.45) is 1.64. The van der Waals surface area contributed by atoms with Gasteiger partial charge in [0.2, 0.25) is 5.28 Å². The first kappa shape index (κ1) is 11.8. The third-order valence-corrected chi connectivity index (χ3v) is 3.32. The highest BCUT2D eigenvalue weighted by Gasteiger charge is 2.10. The van der Waals surface area contributed by atoms with E-state index in [9.17, 15) is 0 Å². The summed E-state index contributed by atoms with van der Waals surface area (Å²) in [6, 6.07) is 0. The topological polar surface area (TPSA) is 41.9 Å². The van der Waals surface area contributed by atoms with Crippen LogP contribution in [0.25, 0.3) is 0 Å². The summed E-state index contributed by atoms with van der Waals surface area (Å²) in [4.78, 5) is 14.2. The molecule has 0 aromatic carbocycles. The lowest BCUT2D eigenvalue weighted by Crippen LogP contribution is -2.18. The zero-order valence-electron chi connectivity index (χ0n) is 8.39. The molecule has 2 heterocycles. The Morgan fingerprint density at radius 3 is 3.00 bits per heavy atom. The molecule has 0 aliphatic carbocycles. The highest BCUT2D eigenvalue weighted by Crippen LogP contribution is 2.24. The van der Waals surface area contributed by atoms with Crippen LogP contribution in [-0.2, 0) is 6.54 Å². The normalized spacial score (nSPS) is 10.4. The second-order valence-electron chi connectivity index (χ2n) is 3.15. The molecule has 2 rings (SSSR count). The molecule has 0 N–H and O–H groups in total. The van der Waals surface area contributed by atoms with Crippen molar-refractivity contribution in [1.82, 2.24) is 15.0 Å². The van der Waals surface area contributed by atoms with Crippen LogP contribution in [0.15, 0.2) is 21.6 Å². The third-order valence-electron chi connectivity index (χ3n) is 1.94. The van der Waals surface area contributed by atoms with E-state index in [1.807, 2.05) is 22.8 Å². The summed E-state index contributed by atoms with van der Waals surface area (Å²) >= 11 is 10.7. The maximum absolute atomic E-state index is 5.76. The van der Waals surface area contributed by atoms with Crippen molar-refractivity contribution in [2.24, 2.45) is 0 Å². The lowest BCUT2D eigenvalue weighted by Gasteiger charge is -2.17. The average Bonchev–Trinajstić information content (AvgIpc) is 2.74. The summed E-state index contributed by atoms with van der Waals surface area (Å²) in [5.74, 6) is 0.757. The highest BCUT2D eigenvalue weighted by atomic mass is 79.9. The molecule has 16 heavy (non-hydrogen) atoms. The second-order valence-corrected chi connectivity index (χ2v) is 5.06. The van der Waals surface area contributed by atoms with E-state index in [-0.39, 0.29) is 5.28 Å². The van der Waals surface area contributed by atoms with Crippen LogP contribution in [0.2, 0.25) is 5.28 Å². The Kier molecular flexibility index (Phi) is 3.73. The van der Waals surface area contributed by atoms with E-state index in [1.54, 1.807) is 17.5 Å². The van der Waals surface area contributed by atoms with Gasteiger partial charge in [-0.15, -0.1) is 11.3 Å². The molecular formula is C9H8BrClN4S. The van der Waals surface area contributed by atoms with E-state index in [2.05, 4.69) is 30.9 Å². The van der Waals surface area contributed by atoms with Crippen molar-refractivity contribution in [2.45, 2.75) is 6.54 Å². The number of hydrogen-bond acceptors (Lipinski definition) is 5. The van der Waals surface area contributed by atoms with Gasteiger partial charge in [0.05, 0.1) is 22.2 Å². The van der Waals surface area contributed by atoms with Gasteiger partial charge in [-0.1, -0.05) is 0 Å². The summed E-state index contributed by atoms with van der Waals surface area (Å²) in [7, 11) is 1.93. The van der Waals surface area contributed by atoms with E-state index < -0.39 is 0 Å². The van der Waals surface area contributed by atoms with Crippen LogP contribution in [0.1, 0.15) is 5.69 Å². The number of aromatic nitrogens is 3. The van der Waals surface area contributed by atoms with Crippen LogP contribution in [0.4, 0.5) is 5.82 Å². The molecular weight excluding hydrogens is 312 g/mol. The minimum absolute atomic E-state index is 0.239. The Hall–Kier alpha value is -0.720. The Bertz CT molecular complexity index is 476. The summed E-state index contributed by atoms with van der Waals surface area (Å²) < 4.78 is 0.814. The largest absolute Gasteiger partial charge is 0.353 e. The fourth-order valence-corrected chi connectivity index (χ4v) is 2.41. The van der Waals surface area contributed by atoms with Crippen LogP contribution in [0.3, 0.4) is 0 Å². The second kappa shape index (κ2) is 5.07. The van der Waals surface area contributed by atoms with E-state index in [1.165, 1.54) is 0 Å². The SMILES string of the molecule is CN(Cc1cscn1)c1nc(Cl)ncc1Br. The predicted molar refractivity (Wildman–Crippen MR) is 69.0 cm³/mol. The molecule has 0 spiro atoms.